The standard InChI is InChI=1S/C17H17N5O5/c1-23-15-19-16(24-2)21-17(20-15)26-13-5-3-11(4-6-13)25-12-7-9-14(10-8-12)27-22-18/h3-10,22H,18H2,1-2H3. The summed E-state index contributed by atoms with van der Waals surface area (Å²) >= 11 is 0. The van der Waals surface area contributed by atoms with Crippen LogP contribution in [-0.2, 0) is 0 Å². The molecule has 3 aromatic rings. The normalized spacial score (nSPS) is 10.2. The largest absolute Gasteiger partial charge is 0.467 e. The molecular formula is C17H17N5O5. The summed E-state index contributed by atoms with van der Waals surface area (Å²) in [4.78, 5) is 16.9. The molecule has 10 nitrogen and oxygen atoms in total. The van der Waals surface area contributed by atoms with Crippen molar-refractivity contribution in [1.29, 1.82) is 0 Å². The first-order chi connectivity index (χ1) is 13.2. The first kappa shape index (κ1) is 18.2. The maximum atomic E-state index is 5.75. The van der Waals surface area contributed by atoms with E-state index in [0.29, 0.717) is 23.0 Å². The molecule has 3 N–H and O–H groups in total. The molecule has 0 aliphatic carbocycles. The molecule has 140 valence electrons. The summed E-state index contributed by atoms with van der Waals surface area (Å²) < 4.78 is 21.3. The molecule has 2 aromatic carbocycles. The third-order valence-corrected chi connectivity index (χ3v) is 3.21. The van der Waals surface area contributed by atoms with Crippen molar-refractivity contribution in [3.63, 3.8) is 0 Å². The highest BCUT2D eigenvalue weighted by atomic mass is 16.7. The number of hydrazine groups is 1. The van der Waals surface area contributed by atoms with E-state index in [2.05, 4.69) is 20.5 Å². The Morgan fingerprint density at radius 1 is 0.630 bits per heavy atom. The van der Waals surface area contributed by atoms with Gasteiger partial charge < -0.3 is 23.8 Å². The summed E-state index contributed by atoms with van der Waals surface area (Å²) in [5, 5.41) is 0. The van der Waals surface area contributed by atoms with Crippen molar-refractivity contribution >= 4 is 0 Å². The monoisotopic (exact) mass is 371 g/mol. The van der Waals surface area contributed by atoms with Crippen molar-refractivity contribution < 1.29 is 23.8 Å². The van der Waals surface area contributed by atoms with Crippen LogP contribution in [0, 0.1) is 0 Å². The minimum Gasteiger partial charge on any atom is -0.467 e. The summed E-state index contributed by atoms with van der Waals surface area (Å²) in [5.74, 6) is 7.42. The number of nitrogens with two attached hydrogens (primary N) is 1. The highest BCUT2D eigenvalue weighted by molar-refractivity contribution is 5.38. The number of hydrogen-bond acceptors (Lipinski definition) is 10. The van der Waals surface area contributed by atoms with Crippen molar-refractivity contribution in [3.05, 3.63) is 48.5 Å². The molecule has 0 saturated carbocycles. The molecule has 0 unspecified atom stereocenters. The molecule has 1 heterocycles. The second-order valence-corrected chi connectivity index (χ2v) is 4.96. The van der Waals surface area contributed by atoms with Gasteiger partial charge in [-0.15, -0.1) is 15.0 Å². The van der Waals surface area contributed by atoms with Crippen LogP contribution < -0.4 is 35.2 Å². The van der Waals surface area contributed by atoms with Gasteiger partial charge in [-0.3, -0.25) is 0 Å². The predicted octanol–water partition coefficient (Wildman–Crippen LogP) is 2.23. The summed E-state index contributed by atoms with van der Waals surface area (Å²) in [6, 6.07) is 14.1. The Bertz CT molecular complexity index is 852. The van der Waals surface area contributed by atoms with Gasteiger partial charge in [0, 0.05) is 0 Å². The lowest BCUT2D eigenvalue weighted by atomic mass is 10.3. The van der Waals surface area contributed by atoms with E-state index in [-0.39, 0.29) is 18.0 Å². The zero-order valence-electron chi connectivity index (χ0n) is 14.6. The predicted molar refractivity (Wildman–Crippen MR) is 93.9 cm³/mol. The second kappa shape index (κ2) is 8.65. The van der Waals surface area contributed by atoms with E-state index in [4.69, 9.17) is 29.6 Å². The van der Waals surface area contributed by atoms with Gasteiger partial charge in [0.25, 0.3) is 0 Å². The van der Waals surface area contributed by atoms with Crippen molar-refractivity contribution in [1.82, 2.24) is 20.5 Å². The number of aromatic nitrogens is 3. The average Bonchev–Trinajstić information content (AvgIpc) is 2.71. The summed E-state index contributed by atoms with van der Waals surface area (Å²) in [6.07, 6.45) is 0. The van der Waals surface area contributed by atoms with E-state index in [1.807, 2.05) is 0 Å². The SMILES string of the molecule is COc1nc(OC)nc(Oc2ccc(Oc3ccc(ONN)cc3)cc2)n1. The fourth-order valence-corrected chi connectivity index (χ4v) is 2.01. The third-order valence-electron chi connectivity index (χ3n) is 3.21. The van der Waals surface area contributed by atoms with E-state index in [1.165, 1.54) is 14.2 Å². The molecule has 0 aliphatic heterocycles. The number of rotatable bonds is 8. The van der Waals surface area contributed by atoms with Gasteiger partial charge in [-0.05, 0) is 48.5 Å². The Kier molecular flexibility index (Phi) is 5.82. The second-order valence-electron chi connectivity index (χ2n) is 4.96. The number of benzene rings is 2. The third kappa shape index (κ3) is 4.93. The van der Waals surface area contributed by atoms with E-state index >= 15 is 0 Å². The van der Waals surface area contributed by atoms with Gasteiger partial charge in [0.2, 0.25) is 0 Å². The lowest BCUT2D eigenvalue weighted by Crippen LogP contribution is -2.25. The van der Waals surface area contributed by atoms with Gasteiger partial charge in [-0.25, -0.2) is 5.84 Å². The van der Waals surface area contributed by atoms with Crippen LogP contribution in [0.1, 0.15) is 0 Å². The minimum atomic E-state index is 0.0523. The van der Waals surface area contributed by atoms with Crippen LogP contribution in [-0.4, -0.2) is 29.2 Å². The lowest BCUT2D eigenvalue weighted by Gasteiger charge is -2.09. The van der Waals surface area contributed by atoms with Gasteiger partial charge >= 0.3 is 18.0 Å². The number of methoxy groups -OCH3 is 2. The Morgan fingerprint density at radius 2 is 1.04 bits per heavy atom. The molecule has 0 saturated heterocycles. The highest BCUT2D eigenvalue weighted by Crippen LogP contribution is 2.27. The number of nitrogens with one attached hydrogen (secondary N) is 1. The topological polar surface area (TPSA) is 123 Å². The molecule has 0 radical (unpaired) electrons. The number of nitrogens with zero attached hydrogens (tertiary/aromatic N) is 3. The zero-order valence-corrected chi connectivity index (χ0v) is 14.6. The van der Waals surface area contributed by atoms with Gasteiger partial charge in [0.1, 0.15) is 23.0 Å². The number of hydrogen-bond donors (Lipinski definition) is 2. The Hall–Kier alpha value is -3.63. The summed E-state index contributed by atoms with van der Waals surface area (Å²) in [5.41, 5.74) is 2.11. The first-order valence-corrected chi connectivity index (χ1v) is 7.72. The fourth-order valence-electron chi connectivity index (χ4n) is 2.01. The van der Waals surface area contributed by atoms with Crippen molar-refractivity contribution in [2.24, 2.45) is 5.84 Å². The molecule has 3 rings (SSSR count). The van der Waals surface area contributed by atoms with Crippen LogP contribution in [0.3, 0.4) is 0 Å². The van der Waals surface area contributed by atoms with Crippen molar-refractivity contribution in [2.45, 2.75) is 0 Å². The van der Waals surface area contributed by atoms with Crippen molar-refractivity contribution in [2.75, 3.05) is 14.2 Å². The number of ether oxygens (including phenoxy) is 4. The average molecular weight is 371 g/mol. The molecule has 27 heavy (non-hydrogen) atoms. The van der Waals surface area contributed by atoms with Crippen molar-refractivity contribution in [3.8, 4) is 41.0 Å². The van der Waals surface area contributed by atoms with Crippen LogP contribution >= 0.6 is 0 Å². The van der Waals surface area contributed by atoms with E-state index in [0.717, 1.165) is 0 Å². The Labute approximate surface area is 154 Å². The molecule has 0 aliphatic rings. The van der Waals surface area contributed by atoms with Crippen LogP contribution in [0.2, 0.25) is 0 Å². The van der Waals surface area contributed by atoms with Crippen LogP contribution in [0.4, 0.5) is 0 Å². The van der Waals surface area contributed by atoms with Gasteiger partial charge in [-0.2, -0.15) is 0 Å². The molecule has 1 aromatic heterocycles. The summed E-state index contributed by atoms with van der Waals surface area (Å²) in [7, 11) is 2.88. The van der Waals surface area contributed by atoms with Gasteiger partial charge in [0.05, 0.1) is 14.2 Å². The Balaban J connectivity index is 1.66. The smallest absolute Gasteiger partial charge is 0.331 e. The van der Waals surface area contributed by atoms with E-state index in [9.17, 15) is 0 Å². The van der Waals surface area contributed by atoms with Crippen LogP contribution in [0.25, 0.3) is 0 Å². The molecule has 0 fully saturated rings. The van der Waals surface area contributed by atoms with Crippen LogP contribution in [0.5, 0.6) is 41.0 Å². The molecular weight excluding hydrogens is 354 g/mol. The van der Waals surface area contributed by atoms with E-state index in [1.54, 1.807) is 48.5 Å². The molecule has 0 amide bonds. The highest BCUT2D eigenvalue weighted by Gasteiger charge is 2.09. The first-order valence-electron chi connectivity index (χ1n) is 7.72. The lowest BCUT2D eigenvalue weighted by molar-refractivity contribution is 0.199. The van der Waals surface area contributed by atoms with Gasteiger partial charge in [0.15, 0.2) is 0 Å². The fraction of sp³-hybridized carbons (Fsp3) is 0.118. The Morgan fingerprint density at radius 3 is 1.48 bits per heavy atom. The van der Waals surface area contributed by atoms with Crippen LogP contribution in [0.15, 0.2) is 48.5 Å². The molecule has 10 heteroatoms. The quantitative estimate of drug-likeness (QED) is 0.450. The molecule has 0 atom stereocenters. The van der Waals surface area contributed by atoms with Gasteiger partial charge in [-0.1, -0.05) is 5.59 Å². The van der Waals surface area contributed by atoms with E-state index < -0.39 is 0 Å². The maximum absolute atomic E-state index is 5.75. The maximum Gasteiger partial charge on any atom is 0.331 e. The molecule has 0 spiro atoms. The molecule has 0 bridgehead atoms. The summed E-state index contributed by atoms with van der Waals surface area (Å²) in [6.45, 7) is 0. The minimum absolute atomic E-state index is 0.0523. The zero-order chi connectivity index (χ0) is 19.1.